The number of nitrogens with zero attached hydrogens (tertiary/aromatic N) is 2. The van der Waals surface area contributed by atoms with Crippen molar-refractivity contribution in [2.45, 2.75) is 39.2 Å². The highest BCUT2D eigenvalue weighted by molar-refractivity contribution is 7.11. The molecule has 8 heteroatoms. The van der Waals surface area contributed by atoms with E-state index in [4.69, 9.17) is 5.73 Å². The van der Waals surface area contributed by atoms with Gasteiger partial charge in [0.15, 0.2) is 0 Å². The summed E-state index contributed by atoms with van der Waals surface area (Å²) in [6, 6.07) is -0.141. The zero-order valence-corrected chi connectivity index (χ0v) is 11.8. The Kier molecular flexibility index (Phi) is 6.20. The van der Waals surface area contributed by atoms with E-state index in [1.807, 2.05) is 6.92 Å². The van der Waals surface area contributed by atoms with Gasteiger partial charge in [-0.15, -0.1) is 10.2 Å². The molecule has 1 atom stereocenters. The third-order valence-electron chi connectivity index (χ3n) is 2.35. The Balaban J connectivity index is 2.42. The molecule has 0 aliphatic heterocycles. The van der Waals surface area contributed by atoms with Gasteiger partial charge in [-0.05, 0) is 26.2 Å². The van der Waals surface area contributed by atoms with E-state index in [2.05, 4.69) is 20.3 Å². The van der Waals surface area contributed by atoms with Crippen molar-refractivity contribution >= 4 is 23.3 Å². The number of nitrogens with one attached hydrogen (secondary N) is 1. The predicted molar refractivity (Wildman–Crippen MR) is 70.6 cm³/mol. The van der Waals surface area contributed by atoms with E-state index < -0.39 is 6.09 Å². The van der Waals surface area contributed by atoms with E-state index >= 15 is 0 Å². The SMILES string of the molecule is CC(=O)N[C@@H](CCCCOC(N)=O)c1nnc(C)s1. The predicted octanol–water partition coefficient (Wildman–Crippen LogP) is 1.29. The van der Waals surface area contributed by atoms with Crippen LogP contribution in [-0.2, 0) is 9.53 Å². The molecule has 7 nitrogen and oxygen atoms in total. The molecule has 1 aromatic rings. The monoisotopic (exact) mass is 286 g/mol. The Labute approximate surface area is 115 Å². The lowest BCUT2D eigenvalue weighted by Crippen LogP contribution is -2.26. The summed E-state index contributed by atoms with van der Waals surface area (Å²) in [5.74, 6) is -0.105. The Bertz CT molecular complexity index is 435. The normalized spacial score (nSPS) is 11.9. The van der Waals surface area contributed by atoms with Crippen LogP contribution < -0.4 is 11.1 Å². The number of unbranched alkanes of at least 4 members (excludes halogenated alkanes) is 1. The molecule has 3 N–H and O–H groups in total. The molecule has 0 saturated carbocycles. The van der Waals surface area contributed by atoms with E-state index in [1.165, 1.54) is 18.3 Å². The number of aryl methyl sites for hydroxylation is 1. The maximum absolute atomic E-state index is 11.2. The second-order valence-electron chi connectivity index (χ2n) is 4.08. The largest absolute Gasteiger partial charge is 0.450 e. The summed E-state index contributed by atoms with van der Waals surface area (Å²) in [7, 11) is 0. The smallest absolute Gasteiger partial charge is 0.404 e. The van der Waals surface area contributed by atoms with Crippen LogP contribution in [0.4, 0.5) is 4.79 Å². The van der Waals surface area contributed by atoms with Crippen LogP contribution in [0.15, 0.2) is 0 Å². The first kappa shape index (κ1) is 15.4. The summed E-state index contributed by atoms with van der Waals surface area (Å²) in [4.78, 5) is 21.6. The molecule has 0 spiro atoms. The van der Waals surface area contributed by atoms with Crippen LogP contribution in [0, 0.1) is 6.92 Å². The highest BCUT2D eigenvalue weighted by atomic mass is 32.1. The van der Waals surface area contributed by atoms with Gasteiger partial charge in [-0.25, -0.2) is 4.79 Å². The van der Waals surface area contributed by atoms with Crippen LogP contribution >= 0.6 is 11.3 Å². The standard InChI is InChI=1S/C11H18N4O3S/c1-7(16)13-9(10-15-14-8(2)19-10)5-3-4-6-18-11(12)17/h9H,3-6H2,1-2H3,(H2,12,17)(H,13,16)/t9-/m0/s1. The molecule has 0 aliphatic rings. The van der Waals surface area contributed by atoms with Gasteiger partial charge < -0.3 is 15.8 Å². The molecule has 2 amide bonds. The van der Waals surface area contributed by atoms with Gasteiger partial charge in [-0.2, -0.15) is 0 Å². The molecular formula is C11H18N4O3S. The number of carbonyl (C=O) groups is 2. The zero-order valence-electron chi connectivity index (χ0n) is 11.0. The Morgan fingerprint density at radius 1 is 1.42 bits per heavy atom. The fourth-order valence-electron chi connectivity index (χ4n) is 1.58. The van der Waals surface area contributed by atoms with Crippen molar-refractivity contribution in [3.05, 3.63) is 10.0 Å². The van der Waals surface area contributed by atoms with Crippen LogP contribution in [0.5, 0.6) is 0 Å². The van der Waals surface area contributed by atoms with Crippen LogP contribution in [0.3, 0.4) is 0 Å². The zero-order chi connectivity index (χ0) is 14.3. The average molecular weight is 286 g/mol. The van der Waals surface area contributed by atoms with Gasteiger partial charge in [-0.3, -0.25) is 4.79 Å². The Morgan fingerprint density at radius 2 is 2.16 bits per heavy atom. The molecule has 0 aromatic carbocycles. The van der Waals surface area contributed by atoms with Crippen molar-refractivity contribution in [2.75, 3.05) is 6.61 Å². The summed E-state index contributed by atoms with van der Waals surface area (Å²) in [6.07, 6.45) is 1.43. The molecule has 1 aromatic heterocycles. The van der Waals surface area contributed by atoms with Crippen LogP contribution in [0.1, 0.15) is 42.2 Å². The molecule has 0 radical (unpaired) electrons. The van der Waals surface area contributed by atoms with Crippen molar-refractivity contribution in [3.63, 3.8) is 0 Å². The molecule has 0 aliphatic carbocycles. The Hall–Kier alpha value is -1.70. The second kappa shape index (κ2) is 7.67. The first-order chi connectivity index (χ1) is 8.99. The first-order valence-corrected chi connectivity index (χ1v) is 6.80. The van der Waals surface area contributed by atoms with Crippen molar-refractivity contribution < 1.29 is 14.3 Å². The lowest BCUT2D eigenvalue weighted by molar-refractivity contribution is -0.119. The quantitative estimate of drug-likeness (QED) is 0.734. The minimum absolute atomic E-state index is 0.105. The minimum Gasteiger partial charge on any atom is -0.450 e. The van der Waals surface area contributed by atoms with Gasteiger partial charge in [0.05, 0.1) is 12.6 Å². The van der Waals surface area contributed by atoms with Crippen molar-refractivity contribution in [3.8, 4) is 0 Å². The number of hydrogen-bond donors (Lipinski definition) is 2. The molecule has 19 heavy (non-hydrogen) atoms. The summed E-state index contributed by atoms with van der Waals surface area (Å²) in [5, 5.41) is 12.5. The first-order valence-electron chi connectivity index (χ1n) is 5.98. The van der Waals surface area contributed by atoms with Gasteiger partial charge in [-0.1, -0.05) is 11.3 Å². The molecule has 0 saturated heterocycles. The van der Waals surface area contributed by atoms with Crippen molar-refractivity contribution in [2.24, 2.45) is 5.73 Å². The number of aromatic nitrogens is 2. The average Bonchev–Trinajstić information content (AvgIpc) is 2.73. The van der Waals surface area contributed by atoms with E-state index in [-0.39, 0.29) is 18.6 Å². The summed E-state index contributed by atoms with van der Waals surface area (Å²) < 4.78 is 4.64. The van der Waals surface area contributed by atoms with Crippen LogP contribution in [-0.4, -0.2) is 28.8 Å². The number of primary amides is 1. The number of rotatable bonds is 7. The van der Waals surface area contributed by atoms with E-state index in [0.29, 0.717) is 6.42 Å². The van der Waals surface area contributed by atoms with Gasteiger partial charge in [0, 0.05) is 6.92 Å². The number of amides is 2. The van der Waals surface area contributed by atoms with E-state index in [1.54, 1.807) is 0 Å². The molecule has 0 fully saturated rings. The van der Waals surface area contributed by atoms with Crippen molar-refractivity contribution in [1.29, 1.82) is 0 Å². The Morgan fingerprint density at radius 3 is 2.68 bits per heavy atom. The van der Waals surface area contributed by atoms with E-state index in [9.17, 15) is 9.59 Å². The molecule has 0 unspecified atom stereocenters. The number of hydrogen-bond acceptors (Lipinski definition) is 6. The summed E-state index contributed by atoms with van der Waals surface area (Å²) >= 11 is 1.46. The lowest BCUT2D eigenvalue weighted by Gasteiger charge is -2.14. The summed E-state index contributed by atoms with van der Waals surface area (Å²) in [5.41, 5.74) is 4.86. The van der Waals surface area contributed by atoms with E-state index in [0.717, 1.165) is 22.9 Å². The van der Waals surface area contributed by atoms with Gasteiger partial charge in [0.1, 0.15) is 10.0 Å². The number of ether oxygens (including phenoxy) is 1. The summed E-state index contributed by atoms with van der Waals surface area (Å²) in [6.45, 7) is 3.63. The fourth-order valence-corrected chi connectivity index (χ4v) is 2.36. The third-order valence-corrected chi connectivity index (χ3v) is 3.30. The fraction of sp³-hybridized carbons (Fsp3) is 0.636. The second-order valence-corrected chi connectivity index (χ2v) is 5.29. The van der Waals surface area contributed by atoms with Crippen LogP contribution in [0.25, 0.3) is 0 Å². The molecule has 0 bridgehead atoms. The van der Waals surface area contributed by atoms with Crippen molar-refractivity contribution in [1.82, 2.24) is 15.5 Å². The maximum atomic E-state index is 11.2. The van der Waals surface area contributed by atoms with Gasteiger partial charge in [0.2, 0.25) is 5.91 Å². The highest BCUT2D eigenvalue weighted by Crippen LogP contribution is 2.22. The lowest BCUT2D eigenvalue weighted by atomic mass is 10.1. The van der Waals surface area contributed by atoms with Gasteiger partial charge >= 0.3 is 6.09 Å². The minimum atomic E-state index is -0.766. The molecule has 1 heterocycles. The number of nitrogens with two attached hydrogens (primary N) is 1. The molecule has 1 rings (SSSR count). The third kappa shape index (κ3) is 6.14. The topological polar surface area (TPSA) is 107 Å². The number of carbonyl (C=O) groups excluding carboxylic acids is 2. The van der Waals surface area contributed by atoms with Gasteiger partial charge in [0.25, 0.3) is 0 Å². The van der Waals surface area contributed by atoms with Crippen LogP contribution in [0.2, 0.25) is 0 Å². The maximum Gasteiger partial charge on any atom is 0.404 e. The molecule has 106 valence electrons. The highest BCUT2D eigenvalue weighted by Gasteiger charge is 2.16. The molecular weight excluding hydrogens is 268 g/mol.